The van der Waals surface area contributed by atoms with Gasteiger partial charge in [0.2, 0.25) is 0 Å². The summed E-state index contributed by atoms with van der Waals surface area (Å²) >= 11 is 2.66. The molecule has 0 aliphatic rings. The summed E-state index contributed by atoms with van der Waals surface area (Å²) in [7, 11) is 0. The van der Waals surface area contributed by atoms with Crippen LogP contribution in [-0.4, -0.2) is 11.8 Å². The van der Waals surface area contributed by atoms with Gasteiger partial charge in [-0.3, -0.25) is 0 Å². The highest BCUT2D eigenvalue weighted by Gasteiger charge is 2.06. The predicted octanol–water partition coefficient (Wildman–Crippen LogP) is 5.59. The van der Waals surface area contributed by atoms with Crippen LogP contribution in [0, 0.1) is 0 Å². The topological polar surface area (TPSA) is 0 Å². The Hall–Kier alpha value is 1.16. The highest BCUT2D eigenvalue weighted by Crippen LogP contribution is 2.50. The quantitative estimate of drug-likeness (QED) is 0.311. The van der Waals surface area contributed by atoms with Crippen molar-refractivity contribution in [2.75, 3.05) is 6.16 Å². The van der Waals surface area contributed by atoms with Crippen LogP contribution in [0.1, 0.15) is 59.3 Å². The Morgan fingerprint density at radius 3 is 2.08 bits per heavy atom. The molecular formula is C11H24IP. The smallest absolute Gasteiger partial charge is 0.0176 e. The van der Waals surface area contributed by atoms with Crippen molar-refractivity contribution in [1.82, 2.24) is 0 Å². The van der Waals surface area contributed by atoms with Crippen LogP contribution in [0.3, 0.4) is 0 Å². The summed E-state index contributed by atoms with van der Waals surface area (Å²) in [6.45, 7) is 6.99. The minimum Gasteiger partial charge on any atom is -0.0654 e. The third-order valence-electron chi connectivity index (χ3n) is 2.29. The first-order valence-electron chi connectivity index (χ1n) is 5.61. The Morgan fingerprint density at radius 1 is 1.00 bits per heavy atom. The number of unbranched alkanes of at least 4 members (excludes halogenated alkanes) is 5. The molecular weight excluding hydrogens is 290 g/mol. The van der Waals surface area contributed by atoms with E-state index in [1.54, 1.807) is 0 Å². The zero-order valence-corrected chi connectivity index (χ0v) is 12.4. The van der Waals surface area contributed by atoms with Gasteiger partial charge in [0.25, 0.3) is 0 Å². The van der Waals surface area contributed by atoms with Crippen molar-refractivity contribution in [2.45, 2.75) is 65.0 Å². The lowest BCUT2D eigenvalue weighted by molar-refractivity contribution is 0.626. The van der Waals surface area contributed by atoms with E-state index in [1.807, 2.05) is 0 Å². The second kappa shape index (κ2) is 9.71. The van der Waals surface area contributed by atoms with Crippen molar-refractivity contribution in [3.63, 3.8) is 0 Å². The van der Waals surface area contributed by atoms with Crippen molar-refractivity contribution >= 4 is 27.6 Å². The second-order valence-corrected chi connectivity index (χ2v) is 9.98. The zero-order chi connectivity index (χ0) is 10.1. The lowest BCUT2D eigenvalue weighted by Crippen LogP contribution is -1.91. The summed E-state index contributed by atoms with van der Waals surface area (Å²) in [5.74, 6) is 0. The molecule has 0 nitrogen and oxygen atoms in total. The van der Waals surface area contributed by atoms with E-state index < -0.39 is 0 Å². The highest BCUT2D eigenvalue weighted by molar-refractivity contribution is 14.2. The van der Waals surface area contributed by atoms with Crippen LogP contribution in [0.25, 0.3) is 0 Å². The average molecular weight is 314 g/mol. The summed E-state index contributed by atoms with van der Waals surface area (Å²) in [6.07, 6.45) is 10.1. The van der Waals surface area contributed by atoms with Gasteiger partial charge in [-0.1, -0.05) is 74.9 Å². The van der Waals surface area contributed by atoms with Gasteiger partial charge in [0.05, 0.1) is 0 Å². The van der Waals surface area contributed by atoms with Gasteiger partial charge in [0.15, 0.2) is 0 Å². The number of halogens is 1. The summed E-state index contributed by atoms with van der Waals surface area (Å²) in [5, 5.41) is 0. The number of hydrogen-bond acceptors (Lipinski definition) is 0. The van der Waals surface area contributed by atoms with Crippen molar-refractivity contribution in [3.05, 3.63) is 0 Å². The van der Waals surface area contributed by atoms with E-state index in [9.17, 15) is 0 Å². The van der Waals surface area contributed by atoms with Crippen LogP contribution in [-0.2, 0) is 0 Å². The lowest BCUT2D eigenvalue weighted by atomic mass is 10.1. The summed E-state index contributed by atoms with van der Waals surface area (Å²) in [4.78, 5) is 0. The van der Waals surface area contributed by atoms with Gasteiger partial charge >= 0.3 is 0 Å². The van der Waals surface area contributed by atoms with Crippen molar-refractivity contribution in [2.24, 2.45) is 0 Å². The molecule has 0 aliphatic carbocycles. The van der Waals surface area contributed by atoms with E-state index in [0.717, 1.165) is 5.66 Å². The molecule has 13 heavy (non-hydrogen) atoms. The molecule has 0 fully saturated rings. The van der Waals surface area contributed by atoms with Gasteiger partial charge < -0.3 is 0 Å². The normalized spacial score (nSPS) is 13.6. The van der Waals surface area contributed by atoms with Crippen LogP contribution in [0.5, 0.6) is 0 Å². The van der Waals surface area contributed by atoms with Gasteiger partial charge in [-0.2, -0.15) is 0 Å². The highest BCUT2D eigenvalue weighted by atomic mass is 127. The Balaban J connectivity index is 3.07. The second-order valence-electron chi connectivity index (χ2n) is 3.98. The maximum atomic E-state index is 2.66. The zero-order valence-electron chi connectivity index (χ0n) is 9.35. The molecule has 0 saturated heterocycles. The predicted molar refractivity (Wildman–Crippen MR) is 74.3 cm³/mol. The third-order valence-corrected chi connectivity index (χ3v) is 8.94. The molecule has 0 amide bonds. The van der Waals surface area contributed by atoms with Crippen LogP contribution in [0.4, 0.5) is 0 Å². The van der Waals surface area contributed by atoms with Crippen LogP contribution in [0.2, 0.25) is 0 Å². The summed E-state index contributed by atoms with van der Waals surface area (Å²) in [5.41, 5.74) is 1.23. The Morgan fingerprint density at radius 2 is 1.54 bits per heavy atom. The Kier molecular flexibility index (Phi) is 10.6. The summed E-state index contributed by atoms with van der Waals surface area (Å²) in [6, 6.07) is 0. The molecule has 0 rings (SSSR count). The molecule has 80 valence electrons. The van der Waals surface area contributed by atoms with Crippen LogP contribution < -0.4 is 0 Å². The van der Waals surface area contributed by atoms with E-state index >= 15 is 0 Å². The van der Waals surface area contributed by atoms with E-state index in [-0.39, 0.29) is 0 Å². The minimum absolute atomic E-state index is 0.306. The number of hydrogen-bond donors (Lipinski definition) is 0. The molecule has 0 saturated carbocycles. The summed E-state index contributed by atoms with van der Waals surface area (Å²) < 4.78 is 0. The van der Waals surface area contributed by atoms with E-state index in [0.29, 0.717) is 5.56 Å². The van der Waals surface area contributed by atoms with Crippen molar-refractivity contribution < 1.29 is 0 Å². The molecule has 0 aromatic heterocycles. The number of rotatable bonds is 8. The van der Waals surface area contributed by atoms with Crippen LogP contribution >= 0.6 is 27.6 Å². The van der Waals surface area contributed by atoms with Crippen LogP contribution in [0.15, 0.2) is 0 Å². The molecule has 0 aliphatic heterocycles. The van der Waals surface area contributed by atoms with Gasteiger partial charge in [-0.15, -0.1) is 0 Å². The van der Waals surface area contributed by atoms with E-state index in [1.165, 1.54) is 44.7 Å². The maximum Gasteiger partial charge on any atom is -0.0176 e. The monoisotopic (exact) mass is 314 g/mol. The molecule has 1 unspecified atom stereocenters. The fourth-order valence-electron chi connectivity index (χ4n) is 1.30. The molecule has 1 atom stereocenters. The van der Waals surface area contributed by atoms with Crippen molar-refractivity contribution in [3.8, 4) is 0 Å². The molecule has 0 bridgehead atoms. The standard InChI is InChI=1S/C11H24IP/c1-4-5-6-7-8-9-10-13(12)11(2)3/h11H,4-10H2,1-3H3. The first-order valence-corrected chi connectivity index (χ1v) is 9.99. The molecule has 0 radical (unpaired) electrons. The molecule has 0 aromatic rings. The fraction of sp³-hybridized carbons (Fsp3) is 1.00. The van der Waals surface area contributed by atoms with E-state index in [4.69, 9.17) is 0 Å². The molecule has 0 spiro atoms. The largest absolute Gasteiger partial charge is 0.0654 e. The SMILES string of the molecule is CCCCCCCCP(I)C(C)C. The third kappa shape index (κ3) is 9.46. The first kappa shape index (κ1) is 14.2. The van der Waals surface area contributed by atoms with Gasteiger partial charge in [0, 0.05) is 0 Å². The minimum atomic E-state index is 0.306. The molecule has 0 aromatic carbocycles. The molecule has 2 heteroatoms. The Labute approximate surface area is 98.5 Å². The van der Waals surface area contributed by atoms with Gasteiger partial charge in [0.1, 0.15) is 0 Å². The molecule has 0 heterocycles. The van der Waals surface area contributed by atoms with Gasteiger partial charge in [-0.05, 0) is 23.8 Å². The van der Waals surface area contributed by atoms with Crippen molar-refractivity contribution in [1.29, 1.82) is 0 Å². The lowest BCUT2D eigenvalue weighted by Gasteiger charge is -2.13. The fourth-order valence-corrected chi connectivity index (χ4v) is 3.37. The average Bonchev–Trinajstić information content (AvgIpc) is 2.10. The van der Waals surface area contributed by atoms with E-state index in [2.05, 4.69) is 42.8 Å². The molecule has 0 N–H and O–H groups in total. The Bertz CT molecular complexity index is 104. The first-order chi connectivity index (χ1) is 6.18. The maximum absolute atomic E-state index is 2.66. The van der Waals surface area contributed by atoms with Gasteiger partial charge in [-0.25, -0.2) is 0 Å².